The van der Waals surface area contributed by atoms with E-state index in [9.17, 15) is 0 Å². The van der Waals surface area contributed by atoms with Crippen LogP contribution in [-0.4, -0.2) is 12.2 Å². The summed E-state index contributed by atoms with van der Waals surface area (Å²) in [7, 11) is 0. The van der Waals surface area contributed by atoms with Gasteiger partial charge in [-0.05, 0) is 12.5 Å². The molecule has 82 valence electrons. The third kappa shape index (κ3) is 6.51. The van der Waals surface area contributed by atoms with E-state index in [4.69, 9.17) is 22.7 Å². The van der Waals surface area contributed by atoms with Gasteiger partial charge in [-0.1, -0.05) is 37.3 Å². The van der Waals surface area contributed by atoms with Crippen molar-refractivity contribution in [3.8, 4) is 0 Å². The molecule has 0 rings (SSSR count). The molecule has 0 aromatic carbocycles. The molecule has 0 saturated heterocycles. The number of nitrogens with one attached hydrogen (secondary N) is 2. The average molecular weight is 227 g/mol. The van der Waals surface area contributed by atoms with Gasteiger partial charge in [-0.3, -0.25) is 5.41 Å². The molecule has 0 aliphatic rings. The Hall–Kier alpha value is -1.55. The van der Waals surface area contributed by atoms with Gasteiger partial charge in [-0.2, -0.15) is 5.10 Å². The van der Waals surface area contributed by atoms with Crippen molar-refractivity contribution in [1.82, 2.24) is 5.43 Å². The van der Waals surface area contributed by atoms with Crippen molar-refractivity contribution in [3.05, 3.63) is 35.4 Å². The van der Waals surface area contributed by atoms with Crippen molar-refractivity contribution < 1.29 is 0 Å². The van der Waals surface area contributed by atoms with E-state index in [0.29, 0.717) is 10.6 Å². The molecular formula is C10H15ClN4. The van der Waals surface area contributed by atoms with Crippen LogP contribution in [0.5, 0.6) is 0 Å². The summed E-state index contributed by atoms with van der Waals surface area (Å²) in [5, 5.41) is 11.1. The molecule has 0 saturated carbocycles. The molecule has 5 heteroatoms. The summed E-state index contributed by atoms with van der Waals surface area (Å²) in [6.07, 6.45) is 7.64. The maximum atomic E-state index is 6.88. The van der Waals surface area contributed by atoms with E-state index in [1.807, 2.05) is 13.0 Å². The SMILES string of the molecule is C=CC(/C=N/NC(=N)N)=C(Cl)\C=C/CC. The lowest BCUT2D eigenvalue weighted by atomic mass is 10.2. The first kappa shape index (κ1) is 13.5. The second-order valence-corrected chi connectivity index (χ2v) is 3.01. The number of hydrazone groups is 1. The largest absolute Gasteiger partial charge is 0.369 e. The van der Waals surface area contributed by atoms with Gasteiger partial charge in [0.25, 0.3) is 0 Å². The molecule has 0 aliphatic carbocycles. The Morgan fingerprint density at radius 1 is 1.67 bits per heavy atom. The van der Waals surface area contributed by atoms with E-state index >= 15 is 0 Å². The van der Waals surface area contributed by atoms with Crippen LogP contribution in [-0.2, 0) is 0 Å². The summed E-state index contributed by atoms with van der Waals surface area (Å²) < 4.78 is 0. The molecule has 4 N–H and O–H groups in total. The first-order chi connectivity index (χ1) is 7.11. The molecule has 0 aromatic heterocycles. The topological polar surface area (TPSA) is 74.3 Å². The number of halogens is 1. The Morgan fingerprint density at radius 2 is 2.33 bits per heavy atom. The zero-order valence-corrected chi connectivity index (χ0v) is 9.38. The monoisotopic (exact) mass is 226 g/mol. The molecule has 15 heavy (non-hydrogen) atoms. The van der Waals surface area contributed by atoms with Gasteiger partial charge in [-0.15, -0.1) is 0 Å². The molecule has 0 aromatic rings. The maximum absolute atomic E-state index is 6.88. The van der Waals surface area contributed by atoms with Crippen LogP contribution in [0.2, 0.25) is 0 Å². The predicted molar refractivity (Wildman–Crippen MR) is 66.0 cm³/mol. The van der Waals surface area contributed by atoms with Crippen LogP contribution in [0.4, 0.5) is 0 Å². The van der Waals surface area contributed by atoms with Gasteiger partial charge < -0.3 is 5.73 Å². The standard InChI is InChI=1S/C10H15ClN4/c1-3-5-6-9(11)8(4-2)7-14-15-10(12)13/h4-7H,2-3H2,1H3,(H4,12,13,15)/b6-5-,9-8-,14-7+. The number of rotatable bonds is 5. The zero-order chi connectivity index (χ0) is 11.7. The second-order valence-electron chi connectivity index (χ2n) is 2.60. The Labute approximate surface area is 94.7 Å². The number of nitrogens with zero attached hydrogens (tertiary/aromatic N) is 1. The van der Waals surface area contributed by atoms with Crippen molar-refractivity contribution in [2.24, 2.45) is 10.8 Å². The van der Waals surface area contributed by atoms with Crippen molar-refractivity contribution in [1.29, 1.82) is 5.41 Å². The number of allylic oxidation sites excluding steroid dienone is 5. The highest BCUT2D eigenvalue weighted by Crippen LogP contribution is 2.10. The van der Waals surface area contributed by atoms with E-state index in [1.54, 1.807) is 12.2 Å². The highest BCUT2D eigenvalue weighted by atomic mass is 35.5. The highest BCUT2D eigenvalue weighted by Gasteiger charge is 1.93. The van der Waals surface area contributed by atoms with Gasteiger partial charge in [0, 0.05) is 10.6 Å². The molecule has 0 aliphatic heterocycles. The lowest BCUT2D eigenvalue weighted by Gasteiger charge is -1.97. The van der Waals surface area contributed by atoms with Gasteiger partial charge in [0.15, 0.2) is 0 Å². The van der Waals surface area contributed by atoms with Crippen LogP contribution >= 0.6 is 11.6 Å². The third-order valence-electron chi connectivity index (χ3n) is 1.38. The highest BCUT2D eigenvalue weighted by molar-refractivity contribution is 6.33. The number of guanidine groups is 1. The van der Waals surface area contributed by atoms with Crippen LogP contribution in [0.3, 0.4) is 0 Å². The number of hydrogen-bond acceptors (Lipinski definition) is 2. The van der Waals surface area contributed by atoms with Crippen LogP contribution < -0.4 is 11.2 Å². The zero-order valence-electron chi connectivity index (χ0n) is 8.63. The lowest BCUT2D eigenvalue weighted by Crippen LogP contribution is -2.25. The molecule has 0 amide bonds. The van der Waals surface area contributed by atoms with Crippen LogP contribution in [0.25, 0.3) is 0 Å². The molecule has 4 nitrogen and oxygen atoms in total. The molecule has 0 spiro atoms. The third-order valence-corrected chi connectivity index (χ3v) is 1.73. The average Bonchev–Trinajstić information content (AvgIpc) is 2.20. The van der Waals surface area contributed by atoms with E-state index in [0.717, 1.165) is 6.42 Å². The minimum Gasteiger partial charge on any atom is -0.369 e. The second kappa shape index (κ2) is 7.82. The smallest absolute Gasteiger partial charge is 0.206 e. The molecular weight excluding hydrogens is 212 g/mol. The summed E-state index contributed by atoms with van der Waals surface area (Å²) in [5.41, 5.74) is 8.00. The van der Waals surface area contributed by atoms with Gasteiger partial charge in [0.1, 0.15) is 0 Å². The Kier molecular flexibility index (Phi) is 7.01. The molecule has 0 unspecified atom stereocenters. The van der Waals surface area contributed by atoms with Gasteiger partial charge in [0.2, 0.25) is 5.96 Å². The summed E-state index contributed by atoms with van der Waals surface area (Å²) >= 11 is 5.96. The van der Waals surface area contributed by atoms with Gasteiger partial charge in [0.05, 0.1) is 6.21 Å². The normalized spacial score (nSPS) is 12.9. The fraction of sp³-hybridized carbons (Fsp3) is 0.200. The summed E-state index contributed by atoms with van der Waals surface area (Å²) in [6.45, 7) is 5.62. The fourth-order valence-electron chi connectivity index (χ4n) is 0.701. The quantitative estimate of drug-likeness (QED) is 0.291. The van der Waals surface area contributed by atoms with E-state index in [1.165, 1.54) is 6.21 Å². The molecule has 0 heterocycles. The summed E-state index contributed by atoms with van der Waals surface area (Å²) in [6, 6.07) is 0. The van der Waals surface area contributed by atoms with Crippen molar-refractivity contribution in [2.45, 2.75) is 13.3 Å². The lowest BCUT2D eigenvalue weighted by molar-refractivity contribution is 1.00. The van der Waals surface area contributed by atoms with E-state index in [-0.39, 0.29) is 5.96 Å². The summed E-state index contributed by atoms with van der Waals surface area (Å²) in [4.78, 5) is 0. The molecule has 0 fully saturated rings. The van der Waals surface area contributed by atoms with Gasteiger partial charge >= 0.3 is 0 Å². The van der Waals surface area contributed by atoms with Crippen molar-refractivity contribution >= 4 is 23.8 Å². The first-order valence-corrected chi connectivity index (χ1v) is 4.81. The molecule has 0 bridgehead atoms. The first-order valence-electron chi connectivity index (χ1n) is 4.43. The number of hydrogen-bond donors (Lipinski definition) is 3. The van der Waals surface area contributed by atoms with E-state index < -0.39 is 0 Å². The van der Waals surface area contributed by atoms with Gasteiger partial charge in [-0.25, -0.2) is 5.43 Å². The van der Waals surface area contributed by atoms with Crippen molar-refractivity contribution in [2.75, 3.05) is 0 Å². The maximum Gasteiger partial charge on any atom is 0.206 e. The van der Waals surface area contributed by atoms with Crippen molar-refractivity contribution in [3.63, 3.8) is 0 Å². The Bertz CT molecular complexity index is 315. The van der Waals surface area contributed by atoms with E-state index in [2.05, 4.69) is 17.1 Å². The fourth-order valence-corrected chi connectivity index (χ4v) is 0.916. The van der Waals surface area contributed by atoms with Crippen LogP contribution in [0.15, 0.2) is 40.5 Å². The molecule has 0 atom stereocenters. The minimum atomic E-state index is -0.227. The number of nitrogens with two attached hydrogens (primary N) is 1. The Balaban J connectivity index is 4.59. The summed E-state index contributed by atoms with van der Waals surface area (Å²) in [5.74, 6) is -0.227. The van der Waals surface area contributed by atoms with Crippen LogP contribution in [0, 0.1) is 5.41 Å². The van der Waals surface area contributed by atoms with Crippen LogP contribution in [0.1, 0.15) is 13.3 Å². The molecule has 0 radical (unpaired) electrons. The Morgan fingerprint density at radius 3 is 2.80 bits per heavy atom. The predicted octanol–water partition coefficient (Wildman–Crippen LogP) is 2.10. The minimum absolute atomic E-state index is 0.227.